The molecule has 0 aromatic heterocycles. The molecule has 192 valence electrons. The van der Waals surface area contributed by atoms with E-state index in [0.29, 0.717) is 47.2 Å². The van der Waals surface area contributed by atoms with Gasteiger partial charge in [0.2, 0.25) is 5.78 Å². The number of nitrogens with one attached hydrogen (secondary N) is 1. The number of Topliss-reactive ketones (excluding diaryl/α,β-unsaturated/α-hetero) is 1. The predicted octanol–water partition coefficient (Wildman–Crippen LogP) is 3.25. The third-order valence-electron chi connectivity index (χ3n) is 6.33. The molecule has 1 amide bonds. The molecule has 1 heterocycles. The Balaban J connectivity index is 1.72. The number of rotatable bonds is 8. The fourth-order valence-electron chi connectivity index (χ4n) is 4.34. The maximum absolute atomic E-state index is 13.8. The van der Waals surface area contributed by atoms with Crippen molar-refractivity contribution in [3.05, 3.63) is 105 Å². The number of likely N-dealkylation sites (tertiary alicyclic amines) is 1. The zero-order valence-electron chi connectivity index (χ0n) is 20.9. The van der Waals surface area contributed by atoms with E-state index in [9.17, 15) is 14.7 Å². The summed E-state index contributed by atoms with van der Waals surface area (Å²) in [6.45, 7) is 3.08. The smallest absolute Gasteiger partial charge is 0.295 e. The highest BCUT2D eigenvalue weighted by Gasteiger charge is 2.44. The van der Waals surface area contributed by atoms with Crippen LogP contribution in [0.25, 0.3) is 5.76 Å². The topological polar surface area (TPSA) is 74.1 Å². The van der Waals surface area contributed by atoms with E-state index >= 15 is 0 Å². The molecule has 1 aliphatic rings. The Bertz CT molecular complexity index is 1360. The van der Waals surface area contributed by atoms with Crippen LogP contribution in [0.1, 0.15) is 28.3 Å². The van der Waals surface area contributed by atoms with Gasteiger partial charge in [0.1, 0.15) is 12.4 Å². The van der Waals surface area contributed by atoms with Gasteiger partial charge in [-0.25, -0.2) is 0 Å². The molecule has 37 heavy (non-hydrogen) atoms. The Kier molecular flexibility index (Phi) is 8.22. The number of benzene rings is 3. The van der Waals surface area contributed by atoms with Crippen LogP contribution in [0.2, 0.25) is 10.0 Å². The van der Waals surface area contributed by atoms with E-state index in [4.69, 9.17) is 27.9 Å². The molecule has 3 aromatic carbocycles. The summed E-state index contributed by atoms with van der Waals surface area (Å²) in [4.78, 5) is 28.8. The first-order valence-corrected chi connectivity index (χ1v) is 12.7. The first kappa shape index (κ1) is 26.7. The van der Waals surface area contributed by atoms with Gasteiger partial charge in [-0.3, -0.25) is 9.59 Å². The van der Waals surface area contributed by atoms with Crippen LogP contribution in [0.5, 0.6) is 5.75 Å². The number of likely N-dealkylation sites (N-methyl/N-ethyl adjacent to an activating group) is 1. The first-order chi connectivity index (χ1) is 17.7. The monoisotopic (exact) mass is 538 g/mol. The number of amides is 1. The maximum atomic E-state index is 13.8. The summed E-state index contributed by atoms with van der Waals surface area (Å²) >= 11 is 12.4. The molecule has 0 spiro atoms. The number of ether oxygens (including phenoxy) is 1. The third-order valence-corrected chi connectivity index (χ3v) is 7.07. The minimum atomic E-state index is -0.852. The normalized spacial score (nSPS) is 17.0. The molecule has 3 aromatic rings. The minimum absolute atomic E-state index is 0.0850. The van der Waals surface area contributed by atoms with E-state index in [1.54, 1.807) is 43.3 Å². The number of hydrogen-bond acceptors (Lipinski definition) is 4. The van der Waals surface area contributed by atoms with Gasteiger partial charge in [0, 0.05) is 5.57 Å². The van der Waals surface area contributed by atoms with Crippen molar-refractivity contribution in [1.29, 1.82) is 0 Å². The Morgan fingerprint density at radius 3 is 2.38 bits per heavy atom. The first-order valence-electron chi connectivity index (χ1n) is 12.0. The summed E-state index contributed by atoms with van der Waals surface area (Å²) in [5.74, 6) is -1.37. The highest BCUT2D eigenvalue weighted by Crippen LogP contribution is 2.40. The number of ketones is 1. The van der Waals surface area contributed by atoms with Gasteiger partial charge in [-0.05, 0) is 53.4 Å². The Morgan fingerprint density at radius 1 is 1.00 bits per heavy atom. The maximum Gasteiger partial charge on any atom is 0.295 e. The molecular weight excluding hydrogens is 511 g/mol. The van der Waals surface area contributed by atoms with Gasteiger partial charge in [-0.1, -0.05) is 71.4 Å². The summed E-state index contributed by atoms with van der Waals surface area (Å²) < 4.78 is 5.88. The molecule has 8 heteroatoms. The van der Waals surface area contributed by atoms with Crippen LogP contribution in [0, 0.1) is 6.92 Å². The average Bonchev–Trinajstić information content (AvgIpc) is 3.13. The van der Waals surface area contributed by atoms with Gasteiger partial charge in [0.05, 0.1) is 43.3 Å². The lowest BCUT2D eigenvalue weighted by molar-refractivity contribution is -0.857. The highest BCUT2D eigenvalue weighted by atomic mass is 35.5. The van der Waals surface area contributed by atoms with Crippen molar-refractivity contribution in [3.63, 3.8) is 0 Å². The number of nitrogens with zero attached hydrogens (tertiary/aromatic N) is 1. The number of quaternary nitrogens is 1. The number of hydrogen-bond donors (Lipinski definition) is 1. The quantitative estimate of drug-likeness (QED) is 0.271. The van der Waals surface area contributed by atoms with E-state index in [1.807, 2.05) is 44.4 Å². The molecule has 1 unspecified atom stereocenters. The Hall–Kier alpha value is -3.32. The Labute approximate surface area is 226 Å². The van der Waals surface area contributed by atoms with Crippen molar-refractivity contribution in [2.75, 3.05) is 27.2 Å². The van der Waals surface area contributed by atoms with Crippen LogP contribution < -0.4 is 14.7 Å². The zero-order chi connectivity index (χ0) is 26.7. The number of carbonyl (C=O) groups excluding carboxylic acids is 2. The van der Waals surface area contributed by atoms with Crippen molar-refractivity contribution in [3.8, 4) is 5.75 Å². The van der Waals surface area contributed by atoms with Crippen LogP contribution in [0.15, 0.2) is 72.3 Å². The molecule has 0 saturated carbocycles. The fourth-order valence-corrected chi connectivity index (χ4v) is 4.65. The molecule has 0 aliphatic carbocycles. The predicted molar refractivity (Wildman–Crippen MR) is 142 cm³/mol. The number of carbonyl (C=O) groups is 2. The van der Waals surface area contributed by atoms with E-state index in [-0.39, 0.29) is 10.6 Å². The number of aryl methyl sites for hydroxylation is 1. The van der Waals surface area contributed by atoms with Gasteiger partial charge in [0.25, 0.3) is 5.91 Å². The molecule has 1 atom stereocenters. The van der Waals surface area contributed by atoms with Crippen molar-refractivity contribution in [1.82, 2.24) is 4.90 Å². The second-order valence-corrected chi connectivity index (χ2v) is 10.2. The third kappa shape index (κ3) is 5.82. The van der Waals surface area contributed by atoms with Crippen molar-refractivity contribution >= 4 is 40.7 Å². The van der Waals surface area contributed by atoms with Crippen LogP contribution in [0.3, 0.4) is 0 Å². The molecule has 4 rings (SSSR count). The molecule has 0 radical (unpaired) electrons. The number of halogens is 2. The van der Waals surface area contributed by atoms with Gasteiger partial charge in [-0.2, -0.15) is 0 Å². The average molecular weight is 539 g/mol. The van der Waals surface area contributed by atoms with Crippen LogP contribution in [-0.2, 0) is 16.2 Å². The molecule has 1 aliphatic heterocycles. The van der Waals surface area contributed by atoms with Gasteiger partial charge < -0.3 is 19.6 Å². The van der Waals surface area contributed by atoms with Gasteiger partial charge in [-0.15, -0.1) is 0 Å². The van der Waals surface area contributed by atoms with E-state index in [1.165, 1.54) is 4.90 Å². The largest absolute Gasteiger partial charge is 0.872 e. The van der Waals surface area contributed by atoms with Crippen LogP contribution in [-0.4, -0.2) is 43.8 Å². The standard InChI is InChI=1S/C29H28Cl2N2O4/c1-18-15-21(37-17-19-7-5-4-6-8-19)10-11-22(18)27(34)25-26(20-9-12-23(30)24(31)16-20)33(14-13-32(2)3)29(36)28(25)35/h4-12,15-16,26,34H,13-14,17H2,1-3H3/b27-25+. The molecule has 1 saturated heterocycles. The highest BCUT2D eigenvalue weighted by molar-refractivity contribution is 6.46. The van der Waals surface area contributed by atoms with Crippen molar-refractivity contribution < 1.29 is 24.3 Å². The van der Waals surface area contributed by atoms with Gasteiger partial charge >= 0.3 is 0 Å². The summed E-state index contributed by atoms with van der Waals surface area (Å²) in [6.07, 6.45) is 0. The van der Waals surface area contributed by atoms with Crippen LogP contribution >= 0.6 is 23.2 Å². The minimum Gasteiger partial charge on any atom is -0.872 e. The summed E-state index contributed by atoms with van der Waals surface area (Å²) in [6, 6.07) is 18.9. The summed E-state index contributed by atoms with van der Waals surface area (Å²) in [7, 11) is 3.91. The molecular formula is C29H28Cl2N2O4. The van der Waals surface area contributed by atoms with Gasteiger partial charge in [0.15, 0.2) is 0 Å². The van der Waals surface area contributed by atoms with E-state index < -0.39 is 23.5 Å². The lowest BCUT2D eigenvalue weighted by Crippen LogP contribution is -3.06. The van der Waals surface area contributed by atoms with Crippen molar-refractivity contribution in [2.24, 2.45) is 0 Å². The zero-order valence-corrected chi connectivity index (χ0v) is 22.4. The lowest BCUT2D eigenvalue weighted by Gasteiger charge is -2.28. The fraction of sp³-hybridized carbons (Fsp3) is 0.241. The molecule has 1 N–H and O–H groups in total. The van der Waals surface area contributed by atoms with Crippen LogP contribution in [0.4, 0.5) is 0 Å². The summed E-state index contributed by atoms with van der Waals surface area (Å²) in [5, 5.41) is 14.4. The second-order valence-electron chi connectivity index (χ2n) is 9.35. The Morgan fingerprint density at radius 2 is 1.73 bits per heavy atom. The lowest BCUT2D eigenvalue weighted by atomic mass is 9.94. The van der Waals surface area contributed by atoms with Crippen molar-refractivity contribution in [2.45, 2.75) is 19.6 Å². The molecule has 1 fully saturated rings. The molecule has 6 nitrogen and oxygen atoms in total. The van der Waals surface area contributed by atoms with E-state index in [2.05, 4.69) is 0 Å². The summed E-state index contributed by atoms with van der Waals surface area (Å²) in [5.41, 5.74) is 2.49. The van der Waals surface area contributed by atoms with E-state index in [0.717, 1.165) is 10.5 Å². The SMILES string of the molecule is Cc1cc(OCc2ccccc2)ccc1/C([O-])=C1\C(=O)C(=O)N(CC[NH+](C)C)C1c1ccc(Cl)c(Cl)c1. The second kappa shape index (κ2) is 11.4. The molecule has 0 bridgehead atoms.